The standard InChI is InChI=1S/C13H17N/c1-13(2)8-10-6-9-4-5-14(3)12(9)7-11(10)13/h6-7H,4-5,8H2,1-3H3. The molecular weight excluding hydrogens is 170 g/mol. The van der Waals surface area contributed by atoms with E-state index in [-0.39, 0.29) is 0 Å². The molecule has 0 spiro atoms. The molecule has 0 atom stereocenters. The highest BCUT2D eigenvalue weighted by molar-refractivity contribution is 5.64. The van der Waals surface area contributed by atoms with Crippen molar-refractivity contribution in [2.24, 2.45) is 0 Å². The van der Waals surface area contributed by atoms with Crippen molar-refractivity contribution in [3.63, 3.8) is 0 Å². The number of fused-ring (bicyclic) bond motifs is 2. The van der Waals surface area contributed by atoms with Gasteiger partial charge in [-0.2, -0.15) is 0 Å². The lowest BCUT2D eigenvalue weighted by Gasteiger charge is -2.39. The molecule has 2 aliphatic rings. The Bertz CT molecular complexity index is 403. The minimum Gasteiger partial charge on any atom is -0.374 e. The molecule has 0 radical (unpaired) electrons. The first-order chi connectivity index (χ1) is 6.58. The second kappa shape index (κ2) is 2.33. The zero-order valence-electron chi connectivity index (χ0n) is 9.22. The predicted octanol–water partition coefficient (Wildman–Crippen LogP) is 2.51. The van der Waals surface area contributed by atoms with Crippen molar-refractivity contribution < 1.29 is 0 Å². The molecule has 0 unspecified atom stereocenters. The largest absolute Gasteiger partial charge is 0.374 e. The number of hydrogen-bond acceptors (Lipinski definition) is 1. The summed E-state index contributed by atoms with van der Waals surface area (Å²) < 4.78 is 0. The maximum Gasteiger partial charge on any atom is 0.0400 e. The molecule has 0 aromatic heterocycles. The topological polar surface area (TPSA) is 3.24 Å². The molecule has 1 heterocycles. The summed E-state index contributed by atoms with van der Waals surface area (Å²) in [4.78, 5) is 2.38. The molecule has 14 heavy (non-hydrogen) atoms. The van der Waals surface area contributed by atoms with Gasteiger partial charge in [0.25, 0.3) is 0 Å². The van der Waals surface area contributed by atoms with E-state index in [1.807, 2.05) is 0 Å². The Morgan fingerprint density at radius 1 is 1.21 bits per heavy atom. The van der Waals surface area contributed by atoms with Crippen LogP contribution in [-0.4, -0.2) is 13.6 Å². The number of nitrogens with zero attached hydrogens (tertiary/aromatic N) is 1. The lowest BCUT2D eigenvalue weighted by molar-refractivity contribution is 0.455. The normalized spacial score (nSPS) is 21.5. The van der Waals surface area contributed by atoms with Crippen LogP contribution in [0.15, 0.2) is 12.1 Å². The third-order valence-electron chi connectivity index (χ3n) is 3.79. The van der Waals surface area contributed by atoms with Gasteiger partial charge >= 0.3 is 0 Å². The number of likely N-dealkylation sites (N-methyl/N-ethyl adjacent to an activating group) is 1. The molecule has 0 saturated carbocycles. The third-order valence-corrected chi connectivity index (χ3v) is 3.79. The van der Waals surface area contributed by atoms with Crippen LogP contribution in [0.3, 0.4) is 0 Å². The van der Waals surface area contributed by atoms with Gasteiger partial charge in [-0.05, 0) is 41.0 Å². The van der Waals surface area contributed by atoms with Gasteiger partial charge in [0.1, 0.15) is 0 Å². The fourth-order valence-corrected chi connectivity index (χ4v) is 2.89. The summed E-state index contributed by atoms with van der Waals surface area (Å²) in [6.45, 7) is 5.88. The van der Waals surface area contributed by atoms with Crippen molar-refractivity contribution in [3.05, 3.63) is 28.8 Å². The van der Waals surface area contributed by atoms with Crippen LogP contribution in [0.5, 0.6) is 0 Å². The molecule has 0 fully saturated rings. The molecule has 1 aromatic rings. The van der Waals surface area contributed by atoms with Gasteiger partial charge in [-0.25, -0.2) is 0 Å². The van der Waals surface area contributed by atoms with E-state index in [0.29, 0.717) is 5.41 Å². The number of hydrogen-bond donors (Lipinski definition) is 0. The Labute approximate surface area is 85.7 Å². The molecule has 0 N–H and O–H groups in total. The molecule has 1 aliphatic heterocycles. The van der Waals surface area contributed by atoms with Gasteiger partial charge in [-0.15, -0.1) is 0 Å². The van der Waals surface area contributed by atoms with Crippen LogP contribution in [0.4, 0.5) is 5.69 Å². The van der Waals surface area contributed by atoms with E-state index in [1.54, 1.807) is 16.7 Å². The van der Waals surface area contributed by atoms with Crippen molar-refractivity contribution in [2.75, 3.05) is 18.5 Å². The molecule has 3 rings (SSSR count). The molecule has 1 heteroatoms. The predicted molar refractivity (Wildman–Crippen MR) is 60.1 cm³/mol. The van der Waals surface area contributed by atoms with Crippen LogP contribution < -0.4 is 4.90 Å². The quantitative estimate of drug-likeness (QED) is 0.603. The monoisotopic (exact) mass is 187 g/mol. The highest BCUT2D eigenvalue weighted by Crippen LogP contribution is 2.44. The van der Waals surface area contributed by atoms with Crippen molar-refractivity contribution in [3.8, 4) is 0 Å². The highest BCUT2D eigenvalue weighted by Gasteiger charge is 2.35. The third kappa shape index (κ3) is 0.902. The van der Waals surface area contributed by atoms with Crippen LogP contribution in [0.1, 0.15) is 30.5 Å². The summed E-state index contributed by atoms with van der Waals surface area (Å²) in [5.74, 6) is 0. The summed E-state index contributed by atoms with van der Waals surface area (Å²) in [5, 5.41) is 0. The number of anilines is 1. The molecule has 74 valence electrons. The van der Waals surface area contributed by atoms with Crippen molar-refractivity contribution in [1.29, 1.82) is 0 Å². The summed E-state index contributed by atoms with van der Waals surface area (Å²) in [6.07, 6.45) is 2.50. The Morgan fingerprint density at radius 3 is 2.71 bits per heavy atom. The zero-order valence-corrected chi connectivity index (χ0v) is 9.22. The van der Waals surface area contributed by atoms with Crippen molar-refractivity contribution >= 4 is 5.69 Å². The van der Waals surface area contributed by atoms with Crippen LogP contribution in [0.25, 0.3) is 0 Å². The fraction of sp³-hybridized carbons (Fsp3) is 0.538. The second-order valence-electron chi connectivity index (χ2n) is 5.37. The number of benzene rings is 1. The maximum atomic E-state index is 2.43. The molecule has 0 saturated heterocycles. The minimum atomic E-state index is 0.424. The van der Waals surface area contributed by atoms with E-state index in [2.05, 4.69) is 37.9 Å². The zero-order chi connectivity index (χ0) is 9.92. The van der Waals surface area contributed by atoms with Crippen LogP contribution in [0.2, 0.25) is 0 Å². The molecule has 0 bridgehead atoms. The number of rotatable bonds is 0. The highest BCUT2D eigenvalue weighted by atomic mass is 15.1. The van der Waals surface area contributed by atoms with Gasteiger partial charge in [0.15, 0.2) is 0 Å². The SMILES string of the molecule is CN1CCc2cc3c(cc21)C(C)(C)C3. The van der Waals surface area contributed by atoms with Gasteiger partial charge < -0.3 is 4.90 Å². The van der Waals surface area contributed by atoms with Crippen LogP contribution in [0, 0.1) is 0 Å². The first-order valence-electron chi connectivity index (χ1n) is 5.45. The Balaban J connectivity index is 2.16. The van der Waals surface area contributed by atoms with E-state index < -0.39 is 0 Å². The summed E-state index contributed by atoms with van der Waals surface area (Å²) in [5.41, 5.74) is 6.61. The average Bonchev–Trinajstić information content (AvgIpc) is 2.45. The fourth-order valence-electron chi connectivity index (χ4n) is 2.89. The minimum absolute atomic E-state index is 0.424. The molecule has 1 nitrogen and oxygen atoms in total. The Morgan fingerprint density at radius 2 is 2.00 bits per heavy atom. The van der Waals surface area contributed by atoms with Gasteiger partial charge in [-0.3, -0.25) is 0 Å². The Kier molecular flexibility index (Phi) is 1.39. The smallest absolute Gasteiger partial charge is 0.0400 e. The first kappa shape index (κ1) is 8.34. The Hall–Kier alpha value is -0.980. The van der Waals surface area contributed by atoms with Crippen LogP contribution >= 0.6 is 0 Å². The lowest BCUT2D eigenvalue weighted by atomic mass is 9.66. The van der Waals surface area contributed by atoms with Gasteiger partial charge in [0.2, 0.25) is 0 Å². The summed E-state index contributed by atoms with van der Waals surface area (Å²) >= 11 is 0. The van der Waals surface area contributed by atoms with Gasteiger partial charge in [0, 0.05) is 19.3 Å². The average molecular weight is 187 g/mol. The van der Waals surface area contributed by atoms with E-state index in [9.17, 15) is 0 Å². The van der Waals surface area contributed by atoms with E-state index in [1.165, 1.54) is 25.1 Å². The van der Waals surface area contributed by atoms with E-state index in [0.717, 1.165) is 0 Å². The van der Waals surface area contributed by atoms with Crippen LogP contribution in [-0.2, 0) is 18.3 Å². The second-order valence-corrected chi connectivity index (χ2v) is 5.37. The summed E-state index contributed by atoms with van der Waals surface area (Å²) in [7, 11) is 2.20. The maximum absolute atomic E-state index is 2.43. The van der Waals surface area contributed by atoms with E-state index in [4.69, 9.17) is 0 Å². The van der Waals surface area contributed by atoms with Crippen molar-refractivity contribution in [2.45, 2.75) is 32.1 Å². The van der Waals surface area contributed by atoms with Gasteiger partial charge in [-0.1, -0.05) is 19.9 Å². The molecule has 0 amide bonds. The lowest BCUT2D eigenvalue weighted by Crippen LogP contribution is -2.32. The van der Waals surface area contributed by atoms with Crippen molar-refractivity contribution in [1.82, 2.24) is 0 Å². The first-order valence-corrected chi connectivity index (χ1v) is 5.45. The molecule has 1 aliphatic carbocycles. The van der Waals surface area contributed by atoms with E-state index >= 15 is 0 Å². The molecular formula is C13H17N. The summed E-state index contributed by atoms with van der Waals surface area (Å²) in [6, 6.07) is 4.85. The molecule has 1 aromatic carbocycles. The van der Waals surface area contributed by atoms with Gasteiger partial charge in [0.05, 0.1) is 0 Å².